The van der Waals surface area contributed by atoms with E-state index in [1.165, 1.54) is 16.4 Å². The lowest BCUT2D eigenvalue weighted by atomic mass is 10.2. The van der Waals surface area contributed by atoms with Crippen molar-refractivity contribution in [2.75, 3.05) is 39.3 Å². The van der Waals surface area contributed by atoms with E-state index in [9.17, 15) is 13.2 Å². The average molecular weight is 455 g/mol. The van der Waals surface area contributed by atoms with Crippen molar-refractivity contribution in [1.29, 1.82) is 0 Å². The van der Waals surface area contributed by atoms with E-state index in [1.54, 1.807) is 24.8 Å². The SMILES string of the molecule is CCN(CC)S(=O)(=O)c1cc(C(=O)N2CCN(Cc3cc(C)no3)CC2)ccc1Cl. The maximum absolute atomic E-state index is 13.0. The average Bonchev–Trinajstić information content (AvgIpc) is 3.13. The topological polar surface area (TPSA) is 87.0 Å². The Balaban J connectivity index is 1.70. The molecule has 0 unspecified atom stereocenters. The smallest absolute Gasteiger partial charge is 0.253 e. The molecule has 3 rings (SSSR count). The van der Waals surface area contributed by atoms with Gasteiger partial charge in [0.25, 0.3) is 5.91 Å². The monoisotopic (exact) mass is 454 g/mol. The minimum absolute atomic E-state index is 0.0296. The molecule has 0 spiro atoms. The van der Waals surface area contributed by atoms with Gasteiger partial charge in [-0.15, -0.1) is 0 Å². The molecule has 1 fully saturated rings. The number of amides is 1. The van der Waals surface area contributed by atoms with Gasteiger partial charge in [-0.2, -0.15) is 4.31 Å². The maximum Gasteiger partial charge on any atom is 0.253 e. The quantitative estimate of drug-likeness (QED) is 0.639. The molecule has 1 amide bonds. The zero-order chi connectivity index (χ0) is 21.9. The summed E-state index contributed by atoms with van der Waals surface area (Å²) in [6.45, 7) is 9.22. The number of piperazine rings is 1. The summed E-state index contributed by atoms with van der Waals surface area (Å²) in [5, 5.41) is 4.01. The van der Waals surface area contributed by atoms with Gasteiger partial charge in [-0.05, 0) is 25.1 Å². The second-order valence-electron chi connectivity index (χ2n) is 7.24. The lowest BCUT2D eigenvalue weighted by molar-refractivity contribution is 0.0617. The Kier molecular flexibility index (Phi) is 7.18. The molecule has 0 atom stereocenters. The van der Waals surface area contributed by atoms with Crippen LogP contribution in [-0.4, -0.2) is 72.9 Å². The van der Waals surface area contributed by atoms with Gasteiger partial charge in [0, 0.05) is 50.9 Å². The second-order valence-corrected chi connectivity index (χ2v) is 9.55. The molecule has 0 saturated carbocycles. The molecule has 1 aliphatic rings. The third-order valence-electron chi connectivity index (χ3n) is 5.22. The number of carbonyl (C=O) groups is 1. The highest BCUT2D eigenvalue weighted by Gasteiger charge is 2.28. The van der Waals surface area contributed by atoms with E-state index in [2.05, 4.69) is 10.1 Å². The van der Waals surface area contributed by atoms with Crippen molar-refractivity contribution in [2.24, 2.45) is 0 Å². The molecule has 164 valence electrons. The Labute approximate surface area is 182 Å². The van der Waals surface area contributed by atoms with E-state index in [-0.39, 0.29) is 15.8 Å². The molecule has 0 bridgehead atoms. The first-order valence-electron chi connectivity index (χ1n) is 9.99. The molecule has 8 nitrogen and oxygen atoms in total. The summed E-state index contributed by atoms with van der Waals surface area (Å²) in [5.41, 5.74) is 1.17. The van der Waals surface area contributed by atoms with Crippen LogP contribution in [0.1, 0.15) is 35.7 Å². The zero-order valence-electron chi connectivity index (χ0n) is 17.5. The minimum atomic E-state index is -3.75. The van der Waals surface area contributed by atoms with Crippen LogP contribution >= 0.6 is 11.6 Å². The van der Waals surface area contributed by atoms with Crippen LogP contribution in [0.2, 0.25) is 5.02 Å². The van der Waals surface area contributed by atoms with Crippen molar-refractivity contribution < 1.29 is 17.7 Å². The molecule has 0 radical (unpaired) electrons. The van der Waals surface area contributed by atoms with E-state index >= 15 is 0 Å². The van der Waals surface area contributed by atoms with Crippen molar-refractivity contribution in [3.8, 4) is 0 Å². The fourth-order valence-electron chi connectivity index (χ4n) is 3.54. The number of sulfonamides is 1. The molecule has 2 heterocycles. The van der Waals surface area contributed by atoms with Gasteiger partial charge in [-0.3, -0.25) is 9.69 Å². The van der Waals surface area contributed by atoms with Crippen LogP contribution in [0.25, 0.3) is 0 Å². The van der Waals surface area contributed by atoms with Gasteiger partial charge in [0.05, 0.1) is 17.3 Å². The normalized spacial score (nSPS) is 15.7. The van der Waals surface area contributed by atoms with E-state index in [0.29, 0.717) is 51.4 Å². The van der Waals surface area contributed by atoms with E-state index in [0.717, 1.165) is 11.5 Å². The summed E-state index contributed by atoms with van der Waals surface area (Å²) in [6, 6.07) is 6.36. The van der Waals surface area contributed by atoms with Crippen LogP contribution in [-0.2, 0) is 16.6 Å². The molecule has 1 aromatic heterocycles. The molecule has 30 heavy (non-hydrogen) atoms. The zero-order valence-corrected chi connectivity index (χ0v) is 19.0. The summed E-state index contributed by atoms with van der Waals surface area (Å²) < 4.78 is 32.3. The first-order valence-corrected chi connectivity index (χ1v) is 11.8. The third kappa shape index (κ3) is 4.85. The highest BCUT2D eigenvalue weighted by atomic mass is 35.5. The number of halogens is 1. The number of carbonyl (C=O) groups excluding carboxylic acids is 1. The van der Waals surface area contributed by atoms with Crippen LogP contribution in [0, 0.1) is 6.92 Å². The Bertz CT molecular complexity index is 996. The van der Waals surface area contributed by atoms with Crippen LogP contribution in [0.5, 0.6) is 0 Å². The minimum Gasteiger partial charge on any atom is -0.360 e. The van der Waals surface area contributed by atoms with Gasteiger partial charge in [-0.25, -0.2) is 8.42 Å². The van der Waals surface area contributed by atoms with Crippen LogP contribution in [0.4, 0.5) is 0 Å². The largest absolute Gasteiger partial charge is 0.360 e. The van der Waals surface area contributed by atoms with Crippen LogP contribution in [0.3, 0.4) is 0 Å². The van der Waals surface area contributed by atoms with Crippen molar-refractivity contribution in [1.82, 2.24) is 19.3 Å². The van der Waals surface area contributed by atoms with Gasteiger partial charge in [-0.1, -0.05) is 30.6 Å². The lowest BCUT2D eigenvalue weighted by Crippen LogP contribution is -2.48. The van der Waals surface area contributed by atoms with Gasteiger partial charge < -0.3 is 9.42 Å². The standard InChI is InChI=1S/C20H27ClN4O4S/c1-4-25(5-2)30(27,28)19-13-16(6-7-18(19)21)20(26)24-10-8-23(9-11-24)14-17-12-15(3)22-29-17/h6-7,12-13H,4-5,8-11,14H2,1-3H3. The first kappa shape index (κ1) is 22.7. The Morgan fingerprint density at radius 1 is 1.17 bits per heavy atom. The molecule has 1 aliphatic heterocycles. The second kappa shape index (κ2) is 9.47. The summed E-state index contributed by atoms with van der Waals surface area (Å²) in [6.07, 6.45) is 0. The van der Waals surface area contributed by atoms with Crippen LogP contribution < -0.4 is 0 Å². The molecule has 0 aliphatic carbocycles. The molecular formula is C20H27ClN4O4S. The predicted molar refractivity (Wildman–Crippen MR) is 114 cm³/mol. The highest BCUT2D eigenvalue weighted by Crippen LogP contribution is 2.26. The molecule has 2 aromatic rings. The van der Waals surface area contributed by atoms with Crippen molar-refractivity contribution in [2.45, 2.75) is 32.2 Å². The number of aryl methyl sites for hydroxylation is 1. The number of benzene rings is 1. The predicted octanol–water partition coefficient (Wildman–Crippen LogP) is 2.62. The summed E-state index contributed by atoms with van der Waals surface area (Å²) in [4.78, 5) is 16.9. The van der Waals surface area contributed by atoms with E-state index < -0.39 is 10.0 Å². The highest BCUT2D eigenvalue weighted by molar-refractivity contribution is 7.89. The number of nitrogens with zero attached hydrogens (tertiary/aromatic N) is 4. The number of hydrogen-bond acceptors (Lipinski definition) is 6. The van der Waals surface area contributed by atoms with Gasteiger partial charge in [0.15, 0.2) is 5.76 Å². The Morgan fingerprint density at radius 3 is 2.40 bits per heavy atom. The van der Waals surface area contributed by atoms with Crippen LogP contribution in [0.15, 0.2) is 33.7 Å². The fourth-order valence-corrected chi connectivity index (χ4v) is 5.50. The molecule has 10 heteroatoms. The van der Waals surface area contributed by atoms with Crippen molar-refractivity contribution >= 4 is 27.5 Å². The van der Waals surface area contributed by atoms with Gasteiger partial charge in [0.1, 0.15) is 4.90 Å². The maximum atomic E-state index is 13.0. The summed E-state index contributed by atoms with van der Waals surface area (Å²) >= 11 is 6.18. The van der Waals surface area contributed by atoms with Crippen molar-refractivity contribution in [3.63, 3.8) is 0 Å². The Hall–Kier alpha value is -1.94. The van der Waals surface area contributed by atoms with Gasteiger partial charge in [0.2, 0.25) is 10.0 Å². The molecular weight excluding hydrogens is 428 g/mol. The third-order valence-corrected chi connectivity index (χ3v) is 7.75. The lowest BCUT2D eigenvalue weighted by Gasteiger charge is -2.34. The number of rotatable bonds is 7. The Morgan fingerprint density at radius 2 is 1.83 bits per heavy atom. The van der Waals surface area contributed by atoms with E-state index in [4.69, 9.17) is 16.1 Å². The molecule has 0 N–H and O–H groups in total. The van der Waals surface area contributed by atoms with E-state index in [1.807, 2.05) is 13.0 Å². The number of aromatic nitrogens is 1. The molecule has 1 aromatic carbocycles. The van der Waals surface area contributed by atoms with Gasteiger partial charge >= 0.3 is 0 Å². The summed E-state index contributed by atoms with van der Waals surface area (Å²) in [7, 11) is -3.75. The fraction of sp³-hybridized carbons (Fsp3) is 0.500. The van der Waals surface area contributed by atoms with Crippen molar-refractivity contribution in [3.05, 3.63) is 46.3 Å². The summed E-state index contributed by atoms with van der Waals surface area (Å²) in [5.74, 6) is 0.606. The molecule has 1 saturated heterocycles. The number of hydrogen-bond donors (Lipinski definition) is 0. The first-order chi connectivity index (χ1) is 14.3.